The van der Waals surface area contributed by atoms with Gasteiger partial charge in [0, 0.05) is 23.9 Å². The summed E-state index contributed by atoms with van der Waals surface area (Å²) in [5, 5.41) is 11.0. The second-order valence-corrected chi connectivity index (χ2v) is 7.13. The third-order valence-corrected chi connectivity index (χ3v) is 4.89. The molecule has 0 fully saturated rings. The molecule has 5 nitrogen and oxygen atoms in total. The first-order chi connectivity index (χ1) is 14.1. The molecule has 146 valence electrons. The van der Waals surface area contributed by atoms with Crippen LogP contribution in [0.2, 0.25) is 0 Å². The SMILES string of the molecule is COc1cc(C)cc(CNc2ccc(-c3cc(-c4ccccc4C)[nH]n3)cn2)c1. The summed E-state index contributed by atoms with van der Waals surface area (Å²) in [6, 6.07) is 20.5. The van der Waals surface area contributed by atoms with Gasteiger partial charge in [-0.2, -0.15) is 5.10 Å². The van der Waals surface area contributed by atoms with Gasteiger partial charge < -0.3 is 10.1 Å². The van der Waals surface area contributed by atoms with E-state index in [4.69, 9.17) is 4.74 Å². The number of aryl methyl sites for hydroxylation is 2. The molecule has 2 heterocycles. The van der Waals surface area contributed by atoms with Gasteiger partial charge >= 0.3 is 0 Å². The van der Waals surface area contributed by atoms with E-state index in [2.05, 4.69) is 58.6 Å². The highest BCUT2D eigenvalue weighted by Crippen LogP contribution is 2.26. The molecule has 29 heavy (non-hydrogen) atoms. The van der Waals surface area contributed by atoms with Gasteiger partial charge in [-0.05, 0) is 60.9 Å². The highest BCUT2D eigenvalue weighted by atomic mass is 16.5. The molecule has 0 radical (unpaired) electrons. The summed E-state index contributed by atoms with van der Waals surface area (Å²) < 4.78 is 5.34. The summed E-state index contributed by atoms with van der Waals surface area (Å²) in [5.41, 5.74) is 7.57. The maximum absolute atomic E-state index is 5.34. The minimum absolute atomic E-state index is 0.685. The second-order valence-electron chi connectivity index (χ2n) is 7.13. The zero-order valence-electron chi connectivity index (χ0n) is 16.9. The number of H-pyrrole nitrogens is 1. The lowest BCUT2D eigenvalue weighted by Crippen LogP contribution is -2.02. The molecule has 0 saturated carbocycles. The first kappa shape index (κ1) is 18.7. The summed E-state index contributed by atoms with van der Waals surface area (Å²) in [6.45, 7) is 4.85. The summed E-state index contributed by atoms with van der Waals surface area (Å²) in [4.78, 5) is 4.54. The number of aromatic nitrogens is 3. The van der Waals surface area contributed by atoms with Crippen molar-refractivity contribution in [2.75, 3.05) is 12.4 Å². The minimum Gasteiger partial charge on any atom is -0.497 e. The third kappa shape index (κ3) is 4.29. The van der Waals surface area contributed by atoms with Crippen LogP contribution in [-0.2, 0) is 6.54 Å². The molecule has 0 amide bonds. The van der Waals surface area contributed by atoms with Gasteiger partial charge in [-0.3, -0.25) is 5.10 Å². The fourth-order valence-electron chi connectivity index (χ4n) is 3.37. The highest BCUT2D eigenvalue weighted by Gasteiger charge is 2.08. The van der Waals surface area contributed by atoms with Crippen LogP contribution in [0.4, 0.5) is 5.82 Å². The highest BCUT2D eigenvalue weighted by molar-refractivity contribution is 5.70. The van der Waals surface area contributed by atoms with E-state index >= 15 is 0 Å². The molecular formula is C24H24N4O. The molecule has 2 N–H and O–H groups in total. The Kier molecular flexibility index (Phi) is 5.29. The largest absolute Gasteiger partial charge is 0.497 e. The molecule has 0 aliphatic heterocycles. The van der Waals surface area contributed by atoms with E-state index in [0.29, 0.717) is 6.54 Å². The molecular weight excluding hydrogens is 360 g/mol. The zero-order chi connectivity index (χ0) is 20.2. The van der Waals surface area contributed by atoms with Gasteiger partial charge in [0.05, 0.1) is 18.5 Å². The van der Waals surface area contributed by atoms with Crippen molar-refractivity contribution in [1.29, 1.82) is 0 Å². The van der Waals surface area contributed by atoms with Crippen molar-refractivity contribution in [1.82, 2.24) is 15.2 Å². The number of ether oxygens (including phenoxy) is 1. The van der Waals surface area contributed by atoms with Gasteiger partial charge in [0.2, 0.25) is 0 Å². The van der Waals surface area contributed by atoms with Crippen LogP contribution in [0.3, 0.4) is 0 Å². The Bertz CT molecular complexity index is 1120. The van der Waals surface area contributed by atoms with Crippen LogP contribution in [0.15, 0.2) is 66.9 Å². The Morgan fingerprint density at radius 1 is 1.00 bits per heavy atom. The van der Waals surface area contributed by atoms with Crippen molar-refractivity contribution < 1.29 is 4.74 Å². The predicted octanol–water partition coefficient (Wildman–Crippen LogP) is 5.38. The van der Waals surface area contributed by atoms with Gasteiger partial charge in [0.1, 0.15) is 11.6 Å². The van der Waals surface area contributed by atoms with Crippen LogP contribution in [0.1, 0.15) is 16.7 Å². The van der Waals surface area contributed by atoms with Crippen LogP contribution in [0.5, 0.6) is 5.75 Å². The van der Waals surface area contributed by atoms with Crippen LogP contribution in [0.25, 0.3) is 22.5 Å². The first-order valence-electron chi connectivity index (χ1n) is 9.58. The number of hydrogen-bond acceptors (Lipinski definition) is 4. The molecule has 4 rings (SSSR count). The second kappa shape index (κ2) is 8.19. The minimum atomic E-state index is 0.685. The number of benzene rings is 2. The molecule has 0 aliphatic rings. The van der Waals surface area contributed by atoms with E-state index < -0.39 is 0 Å². The average Bonchev–Trinajstić information content (AvgIpc) is 3.22. The standard InChI is InChI=1S/C24H24N4O/c1-16-10-18(12-20(11-16)29-3)14-25-24-9-8-19(15-26-24)22-13-23(28-27-22)21-7-5-4-6-17(21)2/h4-13,15H,14H2,1-3H3,(H,25,26)(H,27,28). The maximum atomic E-state index is 5.34. The van der Waals surface area contributed by atoms with Crippen molar-refractivity contribution in [3.8, 4) is 28.3 Å². The average molecular weight is 384 g/mol. The molecule has 5 heteroatoms. The summed E-state index contributed by atoms with van der Waals surface area (Å²) in [7, 11) is 1.69. The van der Waals surface area contributed by atoms with Crippen LogP contribution >= 0.6 is 0 Å². The molecule has 2 aromatic heterocycles. The zero-order valence-corrected chi connectivity index (χ0v) is 16.9. The van der Waals surface area contributed by atoms with E-state index in [1.54, 1.807) is 7.11 Å². The van der Waals surface area contributed by atoms with Crippen molar-refractivity contribution in [3.63, 3.8) is 0 Å². The Hall–Kier alpha value is -3.60. The van der Waals surface area contributed by atoms with E-state index in [1.807, 2.05) is 42.6 Å². The molecule has 0 bridgehead atoms. The topological polar surface area (TPSA) is 62.8 Å². The van der Waals surface area contributed by atoms with Crippen molar-refractivity contribution in [3.05, 3.63) is 83.6 Å². The number of nitrogens with one attached hydrogen (secondary N) is 2. The van der Waals surface area contributed by atoms with E-state index in [1.165, 1.54) is 11.1 Å². The fourth-order valence-corrected chi connectivity index (χ4v) is 3.37. The number of anilines is 1. The van der Waals surface area contributed by atoms with Crippen molar-refractivity contribution in [2.45, 2.75) is 20.4 Å². The summed E-state index contributed by atoms with van der Waals surface area (Å²) in [5.74, 6) is 1.69. The van der Waals surface area contributed by atoms with Crippen molar-refractivity contribution in [2.24, 2.45) is 0 Å². The Labute approximate surface area is 170 Å². The Morgan fingerprint density at radius 2 is 1.86 bits per heavy atom. The quantitative estimate of drug-likeness (QED) is 0.469. The molecule has 0 unspecified atom stereocenters. The molecule has 0 saturated heterocycles. The smallest absolute Gasteiger partial charge is 0.126 e. The van der Waals surface area contributed by atoms with Crippen molar-refractivity contribution >= 4 is 5.82 Å². The summed E-state index contributed by atoms with van der Waals surface area (Å²) >= 11 is 0. The van der Waals surface area contributed by atoms with E-state index in [-0.39, 0.29) is 0 Å². The monoisotopic (exact) mass is 384 g/mol. The van der Waals surface area contributed by atoms with Gasteiger partial charge in [-0.15, -0.1) is 0 Å². The molecule has 0 aliphatic carbocycles. The molecule has 0 spiro atoms. The maximum Gasteiger partial charge on any atom is 0.126 e. The number of pyridine rings is 1. The Balaban J connectivity index is 1.46. The number of rotatable bonds is 6. The lowest BCUT2D eigenvalue weighted by molar-refractivity contribution is 0.414. The van der Waals surface area contributed by atoms with Gasteiger partial charge in [0.25, 0.3) is 0 Å². The molecule has 2 aromatic carbocycles. The van der Waals surface area contributed by atoms with Crippen LogP contribution in [0, 0.1) is 13.8 Å². The number of hydrogen-bond donors (Lipinski definition) is 2. The lowest BCUT2D eigenvalue weighted by Gasteiger charge is -2.09. The van der Waals surface area contributed by atoms with Crippen LogP contribution < -0.4 is 10.1 Å². The van der Waals surface area contributed by atoms with E-state index in [9.17, 15) is 0 Å². The first-order valence-corrected chi connectivity index (χ1v) is 9.58. The number of methoxy groups -OCH3 is 1. The summed E-state index contributed by atoms with van der Waals surface area (Å²) in [6.07, 6.45) is 1.84. The van der Waals surface area contributed by atoms with Gasteiger partial charge in [-0.1, -0.05) is 30.3 Å². The lowest BCUT2D eigenvalue weighted by atomic mass is 10.1. The normalized spacial score (nSPS) is 10.7. The predicted molar refractivity (Wildman–Crippen MR) is 117 cm³/mol. The molecule has 0 atom stereocenters. The third-order valence-electron chi connectivity index (χ3n) is 4.89. The van der Waals surface area contributed by atoms with E-state index in [0.717, 1.165) is 39.6 Å². The van der Waals surface area contributed by atoms with Crippen LogP contribution in [-0.4, -0.2) is 22.3 Å². The Morgan fingerprint density at radius 3 is 2.62 bits per heavy atom. The fraction of sp³-hybridized carbons (Fsp3) is 0.167. The number of aromatic amines is 1. The van der Waals surface area contributed by atoms with Gasteiger partial charge in [-0.25, -0.2) is 4.98 Å². The van der Waals surface area contributed by atoms with Gasteiger partial charge in [0.15, 0.2) is 0 Å². The molecule has 4 aromatic rings. The number of nitrogens with zero attached hydrogens (tertiary/aromatic N) is 2.